The molecule has 4 heterocycles. The summed E-state index contributed by atoms with van der Waals surface area (Å²) in [4.78, 5) is 27.5. The van der Waals surface area contributed by atoms with Crippen LogP contribution in [0, 0.1) is 17.2 Å². The molecule has 8 nitrogen and oxygen atoms in total. The molecule has 0 aromatic carbocycles. The number of ether oxygens (including phenoxy) is 1. The van der Waals surface area contributed by atoms with Gasteiger partial charge in [-0.2, -0.15) is 4.91 Å². The Morgan fingerprint density at radius 1 is 1.34 bits per heavy atom. The molecule has 2 N–H and O–H groups in total. The molecule has 2 fully saturated rings. The fourth-order valence-corrected chi connectivity index (χ4v) is 5.01. The smallest absolute Gasteiger partial charge is 0.152 e. The number of hydrogen-bond acceptors (Lipinski definition) is 9. The number of nitrogen functional groups attached to an aromatic ring is 1. The molecule has 0 amide bonds. The summed E-state index contributed by atoms with van der Waals surface area (Å²) in [7, 11) is 0. The van der Waals surface area contributed by atoms with Crippen LogP contribution in [0.3, 0.4) is 0 Å². The van der Waals surface area contributed by atoms with Crippen LogP contribution in [0.2, 0.25) is 5.02 Å². The van der Waals surface area contributed by atoms with Gasteiger partial charge in [0.25, 0.3) is 0 Å². The zero-order valence-electron chi connectivity index (χ0n) is 16.2. The molecular weight excluding hydrogens is 412 g/mol. The lowest BCUT2D eigenvalue weighted by atomic mass is 9.78. The van der Waals surface area contributed by atoms with Gasteiger partial charge in [-0.25, -0.2) is 15.0 Å². The van der Waals surface area contributed by atoms with Crippen molar-refractivity contribution in [2.75, 3.05) is 36.9 Å². The Bertz CT molecular complexity index is 912. The molecular formula is C19H23ClN6O2S. The molecule has 0 aliphatic carbocycles. The molecule has 1 spiro atoms. The van der Waals surface area contributed by atoms with Crippen molar-refractivity contribution >= 4 is 35.0 Å². The number of rotatable bonds is 5. The van der Waals surface area contributed by atoms with Crippen molar-refractivity contribution in [3.05, 3.63) is 33.6 Å². The summed E-state index contributed by atoms with van der Waals surface area (Å²) < 4.78 is 5.62. The molecule has 154 valence electrons. The molecule has 4 rings (SSSR count). The number of nitrogens with two attached hydrogens (primary N) is 1. The van der Waals surface area contributed by atoms with Crippen LogP contribution >= 0.6 is 23.4 Å². The molecule has 2 aromatic heterocycles. The third kappa shape index (κ3) is 4.17. The molecule has 10 heteroatoms. The quantitative estimate of drug-likeness (QED) is 0.707. The van der Waals surface area contributed by atoms with E-state index in [4.69, 9.17) is 32.0 Å². The van der Waals surface area contributed by atoms with E-state index in [1.165, 1.54) is 11.8 Å². The number of piperidine rings is 1. The first-order valence-corrected chi connectivity index (χ1v) is 10.8. The van der Waals surface area contributed by atoms with Gasteiger partial charge in [0.05, 0.1) is 17.3 Å². The Kier molecular flexibility index (Phi) is 5.89. The SMILES string of the molecule is Cc1nc(N2CCC3(CCOC3)CC2)c(CN=O)nc1Sc1ccnc(N)c1Cl. The zero-order chi connectivity index (χ0) is 20.4. The molecule has 0 saturated carbocycles. The van der Waals surface area contributed by atoms with Gasteiger partial charge in [0, 0.05) is 30.8 Å². The van der Waals surface area contributed by atoms with E-state index < -0.39 is 0 Å². The second-order valence-corrected chi connectivity index (χ2v) is 8.98. The predicted octanol–water partition coefficient (Wildman–Crippen LogP) is 3.84. The number of aryl methyl sites for hydroxylation is 1. The highest BCUT2D eigenvalue weighted by Crippen LogP contribution is 2.41. The number of nitroso groups, excluding NO2 is 1. The van der Waals surface area contributed by atoms with Gasteiger partial charge in [0.2, 0.25) is 0 Å². The summed E-state index contributed by atoms with van der Waals surface area (Å²) in [5, 5.41) is 4.14. The van der Waals surface area contributed by atoms with E-state index in [1.54, 1.807) is 12.3 Å². The highest BCUT2D eigenvalue weighted by molar-refractivity contribution is 7.99. The summed E-state index contributed by atoms with van der Waals surface area (Å²) >= 11 is 7.63. The van der Waals surface area contributed by atoms with E-state index >= 15 is 0 Å². The summed E-state index contributed by atoms with van der Waals surface area (Å²) in [5.41, 5.74) is 7.46. The molecule has 2 aliphatic heterocycles. The van der Waals surface area contributed by atoms with Crippen LogP contribution in [0.1, 0.15) is 30.7 Å². The molecule has 2 saturated heterocycles. The van der Waals surface area contributed by atoms with E-state index in [2.05, 4.69) is 15.1 Å². The Morgan fingerprint density at radius 3 is 2.83 bits per heavy atom. The molecule has 2 aromatic rings. The Hall–Kier alpha value is -1.97. The molecule has 0 bridgehead atoms. The molecule has 0 atom stereocenters. The van der Waals surface area contributed by atoms with Crippen molar-refractivity contribution in [2.24, 2.45) is 10.6 Å². The minimum absolute atomic E-state index is 0.0207. The molecule has 0 unspecified atom stereocenters. The maximum absolute atomic E-state index is 11.1. The van der Waals surface area contributed by atoms with Crippen LogP contribution in [0.25, 0.3) is 0 Å². The number of nitrogens with zero attached hydrogens (tertiary/aromatic N) is 5. The van der Waals surface area contributed by atoms with Gasteiger partial charge in [-0.3, -0.25) is 0 Å². The van der Waals surface area contributed by atoms with Crippen molar-refractivity contribution < 1.29 is 4.74 Å². The lowest BCUT2D eigenvalue weighted by Crippen LogP contribution is -2.41. The van der Waals surface area contributed by atoms with Gasteiger partial charge in [-0.05, 0) is 37.7 Å². The summed E-state index contributed by atoms with van der Waals surface area (Å²) in [6.45, 7) is 5.34. The van der Waals surface area contributed by atoms with E-state index in [9.17, 15) is 4.91 Å². The highest BCUT2D eigenvalue weighted by Gasteiger charge is 2.38. The van der Waals surface area contributed by atoms with E-state index in [-0.39, 0.29) is 12.4 Å². The second-order valence-electron chi connectivity index (χ2n) is 7.57. The minimum atomic E-state index is -0.0207. The number of pyridine rings is 1. The Labute approximate surface area is 178 Å². The topological polar surface area (TPSA) is 107 Å². The van der Waals surface area contributed by atoms with Crippen LogP contribution in [0.5, 0.6) is 0 Å². The van der Waals surface area contributed by atoms with Crippen LogP contribution in [-0.4, -0.2) is 41.3 Å². The highest BCUT2D eigenvalue weighted by atomic mass is 35.5. The van der Waals surface area contributed by atoms with Crippen molar-refractivity contribution in [2.45, 2.75) is 42.7 Å². The average Bonchev–Trinajstić information content (AvgIpc) is 3.16. The number of hydrogen-bond donors (Lipinski definition) is 1. The van der Waals surface area contributed by atoms with Gasteiger partial charge in [-0.1, -0.05) is 28.5 Å². The first-order valence-electron chi connectivity index (χ1n) is 9.58. The first kappa shape index (κ1) is 20.3. The van der Waals surface area contributed by atoms with Gasteiger partial charge in [0.1, 0.15) is 23.1 Å². The lowest BCUT2D eigenvalue weighted by Gasteiger charge is -2.39. The normalized spacial score (nSPS) is 18.3. The molecule has 2 aliphatic rings. The van der Waals surface area contributed by atoms with Gasteiger partial charge >= 0.3 is 0 Å². The van der Waals surface area contributed by atoms with Crippen molar-refractivity contribution in [1.29, 1.82) is 0 Å². The number of aromatic nitrogens is 3. The van der Waals surface area contributed by atoms with Crippen LogP contribution in [0.15, 0.2) is 27.4 Å². The third-order valence-corrected chi connectivity index (χ3v) is 7.34. The van der Waals surface area contributed by atoms with E-state index in [0.717, 1.165) is 62.0 Å². The second kappa shape index (κ2) is 8.41. The lowest BCUT2D eigenvalue weighted by molar-refractivity contribution is 0.133. The van der Waals surface area contributed by atoms with Crippen LogP contribution < -0.4 is 10.6 Å². The number of anilines is 2. The van der Waals surface area contributed by atoms with Crippen molar-refractivity contribution in [3.8, 4) is 0 Å². The van der Waals surface area contributed by atoms with Crippen molar-refractivity contribution in [3.63, 3.8) is 0 Å². The van der Waals surface area contributed by atoms with E-state index in [1.807, 2.05) is 6.92 Å². The summed E-state index contributed by atoms with van der Waals surface area (Å²) in [5.74, 6) is 1.02. The van der Waals surface area contributed by atoms with Gasteiger partial charge in [0.15, 0.2) is 5.82 Å². The monoisotopic (exact) mass is 434 g/mol. The zero-order valence-corrected chi connectivity index (χ0v) is 17.8. The van der Waals surface area contributed by atoms with Crippen molar-refractivity contribution in [1.82, 2.24) is 15.0 Å². The fourth-order valence-electron chi connectivity index (χ4n) is 3.90. The maximum atomic E-state index is 11.1. The summed E-state index contributed by atoms with van der Waals surface area (Å²) in [6.07, 6.45) is 4.85. The predicted molar refractivity (Wildman–Crippen MR) is 113 cm³/mol. The number of halogens is 1. The Morgan fingerprint density at radius 2 is 2.14 bits per heavy atom. The van der Waals surface area contributed by atoms with Gasteiger partial charge < -0.3 is 15.4 Å². The molecule has 29 heavy (non-hydrogen) atoms. The molecule has 0 radical (unpaired) electrons. The maximum Gasteiger partial charge on any atom is 0.152 e. The average molecular weight is 435 g/mol. The standard InChI is InChI=1S/C19H23ClN6O2S/c1-12-18(29-14-2-6-22-16(21)15(14)20)25-13(10-23-27)17(24-12)26-7-3-19(4-8-26)5-9-28-11-19/h2,6H,3-5,7-11H2,1H3,(H2,21,22). The first-order chi connectivity index (χ1) is 14.0. The van der Waals surface area contributed by atoms with Gasteiger partial charge in [-0.15, -0.1) is 0 Å². The van der Waals surface area contributed by atoms with Crippen LogP contribution in [0.4, 0.5) is 11.6 Å². The van der Waals surface area contributed by atoms with Crippen LogP contribution in [-0.2, 0) is 11.3 Å². The fraction of sp³-hybridized carbons (Fsp3) is 0.526. The van der Waals surface area contributed by atoms with E-state index in [0.29, 0.717) is 21.2 Å². The third-order valence-electron chi connectivity index (χ3n) is 5.69. The minimum Gasteiger partial charge on any atom is -0.382 e. The largest absolute Gasteiger partial charge is 0.382 e. The summed E-state index contributed by atoms with van der Waals surface area (Å²) in [6, 6.07) is 1.78. The Balaban J connectivity index is 1.59.